The Balaban J connectivity index is 2.04. The lowest BCUT2D eigenvalue weighted by atomic mass is 10.2. The fraction of sp³-hybridized carbons (Fsp3) is 0.562. The molecule has 0 aromatic heterocycles. The second kappa shape index (κ2) is 7.79. The van der Waals surface area contributed by atoms with E-state index in [2.05, 4.69) is 10.3 Å². The second-order valence-electron chi connectivity index (χ2n) is 6.11. The van der Waals surface area contributed by atoms with Gasteiger partial charge in [0.05, 0.1) is 11.4 Å². The smallest absolute Gasteiger partial charge is 0.243 e. The van der Waals surface area contributed by atoms with Gasteiger partial charge in [-0.25, -0.2) is 13.4 Å². The minimum absolute atomic E-state index is 0.232. The first-order chi connectivity index (χ1) is 10.9. The molecule has 23 heavy (non-hydrogen) atoms. The summed E-state index contributed by atoms with van der Waals surface area (Å²) in [5.74, 6) is 0.394. The molecular weight excluding hydrogens is 312 g/mol. The molecule has 1 aliphatic rings. The number of nitrogens with two attached hydrogens (primary N) is 1. The molecule has 3 N–H and O–H groups in total. The first-order valence-corrected chi connectivity index (χ1v) is 9.49. The van der Waals surface area contributed by atoms with Crippen LogP contribution in [0.15, 0.2) is 34.2 Å². The van der Waals surface area contributed by atoms with E-state index in [1.54, 1.807) is 28.6 Å². The van der Waals surface area contributed by atoms with Crippen LogP contribution in [0.25, 0.3) is 0 Å². The summed E-state index contributed by atoms with van der Waals surface area (Å²) in [6.45, 7) is 5.64. The van der Waals surface area contributed by atoms with Crippen molar-refractivity contribution in [2.24, 2.45) is 10.7 Å². The predicted molar refractivity (Wildman–Crippen MR) is 92.6 cm³/mol. The van der Waals surface area contributed by atoms with Gasteiger partial charge in [0.25, 0.3) is 0 Å². The lowest BCUT2D eigenvalue weighted by Gasteiger charge is -2.25. The van der Waals surface area contributed by atoms with Crippen molar-refractivity contribution in [2.45, 2.75) is 50.6 Å². The molecule has 0 saturated carbocycles. The molecule has 0 radical (unpaired) electrons. The number of piperidine rings is 1. The molecule has 0 aliphatic carbocycles. The van der Waals surface area contributed by atoms with Gasteiger partial charge in [-0.15, -0.1) is 0 Å². The maximum Gasteiger partial charge on any atom is 0.243 e. The van der Waals surface area contributed by atoms with Crippen LogP contribution in [0, 0.1) is 0 Å². The summed E-state index contributed by atoms with van der Waals surface area (Å²) in [7, 11) is -3.37. The number of rotatable bonds is 5. The summed E-state index contributed by atoms with van der Waals surface area (Å²) < 4.78 is 26.7. The fourth-order valence-electron chi connectivity index (χ4n) is 2.54. The first-order valence-electron chi connectivity index (χ1n) is 8.05. The number of hydrogen-bond acceptors (Lipinski definition) is 3. The molecule has 2 rings (SSSR count). The van der Waals surface area contributed by atoms with Crippen molar-refractivity contribution in [1.29, 1.82) is 0 Å². The molecule has 1 heterocycles. The van der Waals surface area contributed by atoms with Gasteiger partial charge in [-0.05, 0) is 44.4 Å². The Morgan fingerprint density at radius 3 is 2.39 bits per heavy atom. The molecule has 1 aromatic carbocycles. The van der Waals surface area contributed by atoms with Crippen molar-refractivity contribution < 1.29 is 8.42 Å². The summed E-state index contributed by atoms with van der Waals surface area (Å²) >= 11 is 0. The summed E-state index contributed by atoms with van der Waals surface area (Å²) in [4.78, 5) is 4.59. The van der Waals surface area contributed by atoms with Gasteiger partial charge in [0.1, 0.15) is 0 Å². The molecule has 0 atom stereocenters. The molecule has 128 valence electrons. The van der Waals surface area contributed by atoms with E-state index < -0.39 is 10.0 Å². The van der Waals surface area contributed by atoms with Gasteiger partial charge in [-0.2, -0.15) is 4.31 Å². The third kappa shape index (κ3) is 4.94. The van der Waals surface area contributed by atoms with Gasteiger partial charge in [0, 0.05) is 19.1 Å². The normalized spacial score (nSPS) is 17.4. The van der Waals surface area contributed by atoms with Gasteiger partial charge >= 0.3 is 0 Å². The van der Waals surface area contributed by atoms with Crippen LogP contribution in [0.4, 0.5) is 0 Å². The average molecular weight is 338 g/mol. The monoisotopic (exact) mass is 338 g/mol. The third-order valence-corrected chi connectivity index (χ3v) is 5.66. The van der Waals surface area contributed by atoms with Crippen molar-refractivity contribution in [3.05, 3.63) is 29.8 Å². The molecule has 1 aromatic rings. The van der Waals surface area contributed by atoms with Crippen LogP contribution in [0.3, 0.4) is 0 Å². The van der Waals surface area contributed by atoms with Gasteiger partial charge in [0.2, 0.25) is 10.0 Å². The highest BCUT2D eigenvalue weighted by Crippen LogP contribution is 2.20. The highest BCUT2D eigenvalue weighted by Gasteiger charge is 2.25. The third-order valence-electron chi connectivity index (χ3n) is 3.74. The van der Waals surface area contributed by atoms with Crippen LogP contribution in [-0.2, 0) is 16.6 Å². The summed E-state index contributed by atoms with van der Waals surface area (Å²) in [6, 6.07) is 7.13. The maximum absolute atomic E-state index is 12.6. The number of benzene rings is 1. The quantitative estimate of drug-likeness (QED) is 0.631. The minimum atomic E-state index is -3.37. The molecule has 1 fully saturated rings. The van der Waals surface area contributed by atoms with Gasteiger partial charge in [0.15, 0.2) is 5.96 Å². The molecule has 1 aliphatic heterocycles. The zero-order valence-corrected chi connectivity index (χ0v) is 14.6. The van der Waals surface area contributed by atoms with Crippen molar-refractivity contribution in [2.75, 3.05) is 13.1 Å². The Bertz CT molecular complexity index is 633. The number of sulfonamides is 1. The lowest BCUT2D eigenvalue weighted by molar-refractivity contribution is 0.346. The molecule has 0 bridgehead atoms. The van der Waals surface area contributed by atoms with Crippen LogP contribution < -0.4 is 11.1 Å². The molecule has 6 nitrogen and oxygen atoms in total. The standard InChI is InChI=1S/C16H26N4O2S/c1-13(2)19-16(17)18-12-14-6-8-15(9-7-14)23(21,22)20-10-4-3-5-11-20/h6-9,13H,3-5,10-12H2,1-2H3,(H3,17,18,19). The Morgan fingerprint density at radius 1 is 1.22 bits per heavy atom. The highest BCUT2D eigenvalue weighted by atomic mass is 32.2. The number of hydrogen-bond donors (Lipinski definition) is 2. The van der Waals surface area contributed by atoms with Crippen LogP contribution in [0.5, 0.6) is 0 Å². The Morgan fingerprint density at radius 2 is 1.83 bits per heavy atom. The predicted octanol–water partition coefficient (Wildman–Crippen LogP) is 1.67. The summed E-state index contributed by atoms with van der Waals surface area (Å²) in [5.41, 5.74) is 6.68. The van der Waals surface area contributed by atoms with Crippen molar-refractivity contribution in [3.8, 4) is 0 Å². The molecule has 0 spiro atoms. The SMILES string of the molecule is CC(C)NC(N)=NCc1ccc(S(=O)(=O)N2CCCCC2)cc1. The zero-order chi connectivity index (χ0) is 16.9. The van der Waals surface area contributed by atoms with E-state index in [4.69, 9.17) is 5.73 Å². The first kappa shape index (κ1) is 17.7. The number of aliphatic imine (C=N–C) groups is 1. The fourth-order valence-corrected chi connectivity index (χ4v) is 4.06. The topological polar surface area (TPSA) is 87.8 Å². The van der Waals surface area contributed by atoms with Crippen molar-refractivity contribution in [1.82, 2.24) is 9.62 Å². The van der Waals surface area contributed by atoms with Crippen LogP contribution in [0.1, 0.15) is 38.7 Å². The number of nitrogens with one attached hydrogen (secondary N) is 1. The molecule has 1 saturated heterocycles. The Kier molecular flexibility index (Phi) is 6.01. The zero-order valence-electron chi connectivity index (χ0n) is 13.8. The van der Waals surface area contributed by atoms with E-state index in [0.717, 1.165) is 24.8 Å². The Labute approximate surface area is 138 Å². The molecular formula is C16H26N4O2S. The summed E-state index contributed by atoms with van der Waals surface area (Å²) in [6.07, 6.45) is 2.98. The van der Waals surface area contributed by atoms with Gasteiger partial charge in [-0.3, -0.25) is 0 Å². The number of guanidine groups is 1. The Hall–Kier alpha value is -1.60. The summed E-state index contributed by atoms with van der Waals surface area (Å²) in [5, 5.41) is 3.02. The second-order valence-corrected chi connectivity index (χ2v) is 8.05. The lowest BCUT2D eigenvalue weighted by Crippen LogP contribution is -2.36. The van der Waals surface area contributed by atoms with E-state index in [1.165, 1.54) is 0 Å². The minimum Gasteiger partial charge on any atom is -0.370 e. The van der Waals surface area contributed by atoms with Gasteiger partial charge < -0.3 is 11.1 Å². The van der Waals surface area contributed by atoms with Crippen molar-refractivity contribution in [3.63, 3.8) is 0 Å². The van der Waals surface area contributed by atoms with E-state index >= 15 is 0 Å². The molecule has 7 heteroatoms. The van der Waals surface area contributed by atoms with E-state index in [9.17, 15) is 8.42 Å². The molecule has 0 amide bonds. The van der Waals surface area contributed by atoms with E-state index in [-0.39, 0.29) is 6.04 Å². The van der Waals surface area contributed by atoms with Crippen LogP contribution in [0.2, 0.25) is 0 Å². The van der Waals surface area contributed by atoms with E-state index in [0.29, 0.717) is 30.5 Å². The van der Waals surface area contributed by atoms with Crippen LogP contribution in [-0.4, -0.2) is 37.8 Å². The largest absolute Gasteiger partial charge is 0.370 e. The highest BCUT2D eigenvalue weighted by molar-refractivity contribution is 7.89. The van der Waals surface area contributed by atoms with Crippen molar-refractivity contribution >= 4 is 16.0 Å². The van der Waals surface area contributed by atoms with Crippen LogP contribution >= 0.6 is 0 Å². The average Bonchev–Trinajstić information content (AvgIpc) is 2.53. The maximum atomic E-state index is 12.6. The number of nitrogens with zero attached hydrogens (tertiary/aromatic N) is 2. The van der Waals surface area contributed by atoms with Gasteiger partial charge in [-0.1, -0.05) is 18.6 Å². The van der Waals surface area contributed by atoms with E-state index in [1.807, 2.05) is 13.8 Å². The molecule has 0 unspecified atom stereocenters.